The van der Waals surface area contributed by atoms with Crippen LogP contribution in [0.5, 0.6) is 0 Å². The fourth-order valence-electron chi connectivity index (χ4n) is 3.43. The molecule has 19 heavy (non-hydrogen) atoms. The van der Waals surface area contributed by atoms with Crippen molar-refractivity contribution < 1.29 is 17.1 Å². The third-order valence-corrected chi connectivity index (χ3v) is 111. The van der Waals surface area contributed by atoms with E-state index in [0.29, 0.717) is 0 Å². The van der Waals surface area contributed by atoms with E-state index in [1.54, 1.807) is 0 Å². The predicted octanol–water partition coefficient (Wildman–Crippen LogP) is 0.182. The molecular formula is C12H24CuSi6. The van der Waals surface area contributed by atoms with Crippen LogP contribution in [0.3, 0.4) is 0 Å². The summed E-state index contributed by atoms with van der Waals surface area (Å²) >= 11 is 0. The van der Waals surface area contributed by atoms with Gasteiger partial charge in [-0.05, 0) is 0 Å². The van der Waals surface area contributed by atoms with E-state index in [1.807, 2.05) is 0 Å². The van der Waals surface area contributed by atoms with Gasteiger partial charge in [-0.2, -0.15) is 0 Å². The van der Waals surface area contributed by atoms with Crippen LogP contribution in [0.25, 0.3) is 0 Å². The van der Waals surface area contributed by atoms with Crippen molar-refractivity contribution in [1.82, 2.24) is 0 Å². The normalized spacial score (nSPS) is 37.3. The van der Waals surface area contributed by atoms with Crippen LogP contribution in [0.2, 0.25) is 0 Å². The third-order valence-electron chi connectivity index (χ3n) is 4.30. The van der Waals surface area contributed by atoms with Crippen LogP contribution in [-0.2, 0) is 17.1 Å². The second-order valence-electron chi connectivity index (χ2n) is 4.88. The van der Waals surface area contributed by atoms with E-state index in [1.165, 1.54) is 0 Å². The van der Waals surface area contributed by atoms with Crippen molar-refractivity contribution in [3.8, 4) is 0 Å². The molecule has 7 heteroatoms. The maximum atomic E-state index is 4.17. The molecular weight excluding hydrogens is 376 g/mol. The first-order valence-electron chi connectivity index (χ1n) is 6.45. The zero-order valence-electron chi connectivity index (χ0n) is 11.5. The standard InChI is InChI=1S/C12H24Si6.Cu/c1-7-13-14(8-2)16(10-4)18(12-6)17(11-5)15(13)9-3;/h7-18H,1-6H2;. The predicted molar refractivity (Wildman–Crippen MR) is 104 cm³/mol. The van der Waals surface area contributed by atoms with E-state index in [-0.39, 0.29) is 17.1 Å². The topological polar surface area (TPSA) is 0 Å². The Kier molecular flexibility index (Phi) is 9.37. The van der Waals surface area contributed by atoms with Gasteiger partial charge < -0.3 is 0 Å². The SMILES string of the molecule is C=C[SiH]1[SiH](C=C)[SiH](C=C)[SiH](C=C)[SiH](C=C)[SiH]1C=C.[Cu]. The Balaban J connectivity index is 0.00000324. The Morgan fingerprint density at radius 1 is 0.368 bits per heavy atom. The Bertz CT molecular complexity index is 277. The molecule has 0 aromatic carbocycles. The summed E-state index contributed by atoms with van der Waals surface area (Å²) in [6, 6.07) is 0. The average molecular weight is 400 g/mol. The minimum Gasteiger partial charge on any atom is -0.110 e. The molecule has 1 rings (SSSR count). The van der Waals surface area contributed by atoms with Crippen molar-refractivity contribution in [3.05, 3.63) is 73.7 Å². The van der Waals surface area contributed by atoms with Gasteiger partial charge in [-0.3, -0.25) is 0 Å². The second-order valence-corrected chi connectivity index (χ2v) is 56.2. The van der Waals surface area contributed by atoms with Crippen LogP contribution in [0, 0.1) is 0 Å². The van der Waals surface area contributed by atoms with Crippen LogP contribution in [0.15, 0.2) is 73.7 Å². The van der Waals surface area contributed by atoms with Gasteiger partial charge in [-0.15, -0.1) is 73.7 Å². The molecule has 0 aromatic rings. The zero-order valence-corrected chi connectivity index (χ0v) is 19.3. The number of rotatable bonds is 6. The molecule has 1 heterocycles. The quantitative estimate of drug-likeness (QED) is 0.559. The van der Waals surface area contributed by atoms with Gasteiger partial charge >= 0.3 is 0 Å². The van der Waals surface area contributed by atoms with Crippen molar-refractivity contribution in [2.75, 3.05) is 0 Å². The van der Waals surface area contributed by atoms with E-state index < -0.39 is 47.0 Å². The average Bonchev–Trinajstić information content (AvgIpc) is 2.43. The summed E-state index contributed by atoms with van der Waals surface area (Å²) in [5.74, 6) is 0. The Morgan fingerprint density at radius 2 is 0.474 bits per heavy atom. The molecule has 1 saturated heterocycles. The largest absolute Gasteiger partial charge is 0.110 e. The van der Waals surface area contributed by atoms with Crippen LogP contribution in [0.1, 0.15) is 0 Å². The fourth-order valence-corrected chi connectivity index (χ4v) is 200. The fraction of sp³-hybridized carbons (Fsp3) is 0. The van der Waals surface area contributed by atoms with Gasteiger partial charge in [-0.25, -0.2) is 0 Å². The summed E-state index contributed by atoms with van der Waals surface area (Å²) in [5.41, 5.74) is 14.2. The number of hydrogen-bond acceptors (Lipinski definition) is 0. The van der Waals surface area contributed by atoms with Gasteiger partial charge in [0.15, 0.2) is 0 Å². The summed E-state index contributed by atoms with van der Waals surface area (Å²) < 4.78 is 0. The molecule has 0 atom stereocenters. The van der Waals surface area contributed by atoms with Crippen molar-refractivity contribution in [1.29, 1.82) is 0 Å². The van der Waals surface area contributed by atoms with Gasteiger partial charge in [0.25, 0.3) is 0 Å². The van der Waals surface area contributed by atoms with E-state index in [9.17, 15) is 0 Å². The minimum atomic E-state index is -0.765. The molecule has 0 N–H and O–H groups in total. The molecule has 0 amide bonds. The van der Waals surface area contributed by atoms with Gasteiger partial charge in [0, 0.05) is 64.1 Å². The molecule has 0 nitrogen and oxygen atoms in total. The molecule has 0 bridgehead atoms. The molecule has 0 aliphatic carbocycles. The summed E-state index contributed by atoms with van der Waals surface area (Å²) in [4.78, 5) is 0. The first-order chi connectivity index (χ1) is 8.69. The summed E-state index contributed by atoms with van der Waals surface area (Å²) in [6.07, 6.45) is 0. The van der Waals surface area contributed by atoms with E-state index in [2.05, 4.69) is 73.7 Å². The third kappa shape index (κ3) is 3.67. The van der Waals surface area contributed by atoms with Gasteiger partial charge in [0.2, 0.25) is 0 Å². The summed E-state index contributed by atoms with van der Waals surface area (Å²) in [7, 11) is -4.59. The molecule has 107 valence electrons. The van der Waals surface area contributed by atoms with E-state index in [4.69, 9.17) is 0 Å². The monoisotopic (exact) mass is 399 g/mol. The van der Waals surface area contributed by atoms with Crippen molar-refractivity contribution >= 4 is 47.0 Å². The Labute approximate surface area is 137 Å². The molecule has 0 unspecified atom stereocenters. The Morgan fingerprint density at radius 3 is 0.526 bits per heavy atom. The van der Waals surface area contributed by atoms with Crippen LogP contribution < -0.4 is 0 Å². The van der Waals surface area contributed by atoms with Gasteiger partial charge in [-0.1, -0.05) is 0 Å². The van der Waals surface area contributed by atoms with Crippen LogP contribution in [-0.4, -0.2) is 47.0 Å². The Hall–Kier alpha value is 0.261. The minimum absolute atomic E-state index is 0. The van der Waals surface area contributed by atoms with Crippen molar-refractivity contribution in [2.24, 2.45) is 0 Å². The van der Waals surface area contributed by atoms with Gasteiger partial charge in [0.1, 0.15) is 0 Å². The molecule has 0 aromatic heterocycles. The molecule has 1 aliphatic heterocycles. The van der Waals surface area contributed by atoms with E-state index >= 15 is 0 Å². The molecule has 0 spiro atoms. The summed E-state index contributed by atoms with van der Waals surface area (Å²) in [5, 5.41) is 0. The number of hydrogen-bond donors (Lipinski definition) is 0. The molecule has 1 radical (unpaired) electrons. The first-order valence-corrected chi connectivity index (χ1v) is 26.4. The van der Waals surface area contributed by atoms with Crippen molar-refractivity contribution in [2.45, 2.75) is 0 Å². The summed E-state index contributed by atoms with van der Waals surface area (Å²) in [6.45, 7) is 25.0. The van der Waals surface area contributed by atoms with Crippen LogP contribution in [0.4, 0.5) is 0 Å². The maximum Gasteiger partial charge on any atom is 0.0472 e. The zero-order chi connectivity index (χ0) is 13.7. The van der Waals surface area contributed by atoms with E-state index in [0.717, 1.165) is 0 Å². The molecule has 1 fully saturated rings. The van der Waals surface area contributed by atoms with Gasteiger partial charge in [0.05, 0.1) is 0 Å². The molecule has 1 aliphatic rings. The molecule has 0 saturated carbocycles. The first kappa shape index (κ1) is 19.3. The smallest absolute Gasteiger partial charge is 0.0472 e. The van der Waals surface area contributed by atoms with Crippen molar-refractivity contribution in [3.63, 3.8) is 0 Å². The second kappa shape index (κ2) is 9.24. The maximum absolute atomic E-state index is 4.17. The van der Waals surface area contributed by atoms with Crippen LogP contribution >= 0.6 is 0 Å².